The number of hydrogen-bond donors (Lipinski definition) is 2. The van der Waals surface area contributed by atoms with Gasteiger partial charge in [-0.25, -0.2) is 4.99 Å². The smallest absolute Gasteiger partial charge is 0.186 e. The van der Waals surface area contributed by atoms with E-state index in [1.165, 1.54) is 5.56 Å². The molecular formula is C9H13BrClN3. The van der Waals surface area contributed by atoms with Gasteiger partial charge in [0.1, 0.15) is 0 Å². The van der Waals surface area contributed by atoms with E-state index in [1.54, 1.807) is 0 Å². The van der Waals surface area contributed by atoms with E-state index in [0.717, 1.165) is 10.0 Å². The number of guanidine groups is 1. The van der Waals surface area contributed by atoms with E-state index in [-0.39, 0.29) is 18.4 Å². The molecule has 0 saturated carbocycles. The van der Waals surface area contributed by atoms with Gasteiger partial charge in [-0.2, -0.15) is 0 Å². The average molecular weight is 279 g/mol. The highest BCUT2D eigenvalue weighted by molar-refractivity contribution is 9.10. The van der Waals surface area contributed by atoms with Crippen molar-refractivity contribution in [2.75, 3.05) is 0 Å². The molecule has 4 N–H and O–H groups in total. The van der Waals surface area contributed by atoms with Crippen LogP contribution in [0.5, 0.6) is 0 Å². The van der Waals surface area contributed by atoms with E-state index in [4.69, 9.17) is 11.5 Å². The van der Waals surface area contributed by atoms with Gasteiger partial charge in [-0.1, -0.05) is 28.1 Å². The van der Waals surface area contributed by atoms with Crippen molar-refractivity contribution in [3.8, 4) is 0 Å². The molecule has 0 fully saturated rings. The molecule has 0 amide bonds. The molecule has 0 heterocycles. The first-order valence-corrected chi connectivity index (χ1v) is 4.69. The molecule has 0 unspecified atom stereocenters. The minimum Gasteiger partial charge on any atom is -0.370 e. The Kier molecular flexibility index (Phi) is 5.57. The second kappa shape index (κ2) is 5.88. The maximum absolute atomic E-state index is 5.23. The molecule has 0 atom stereocenters. The molecule has 0 spiro atoms. The van der Waals surface area contributed by atoms with Crippen LogP contribution in [-0.2, 0) is 6.54 Å². The third-order valence-corrected chi connectivity index (χ3v) is 2.56. The van der Waals surface area contributed by atoms with Crippen LogP contribution in [0, 0.1) is 6.92 Å². The lowest BCUT2D eigenvalue weighted by Crippen LogP contribution is -2.22. The van der Waals surface area contributed by atoms with Crippen LogP contribution in [0.15, 0.2) is 27.7 Å². The Morgan fingerprint density at radius 2 is 2.07 bits per heavy atom. The molecule has 1 aromatic rings. The molecule has 1 rings (SSSR count). The average Bonchev–Trinajstić information content (AvgIpc) is 2.07. The second-order valence-electron chi connectivity index (χ2n) is 2.82. The zero-order valence-electron chi connectivity index (χ0n) is 7.83. The Hall–Kier alpha value is -0.740. The fourth-order valence-corrected chi connectivity index (χ4v) is 1.23. The van der Waals surface area contributed by atoms with Crippen LogP contribution in [0.4, 0.5) is 0 Å². The molecule has 0 radical (unpaired) electrons. The van der Waals surface area contributed by atoms with Crippen LogP contribution in [0.1, 0.15) is 11.1 Å². The summed E-state index contributed by atoms with van der Waals surface area (Å²) in [5, 5.41) is 0. The Morgan fingerprint density at radius 1 is 1.43 bits per heavy atom. The Morgan fingerprint density at radius 3 is 2.57 bits per heavy atom. The first-order valence-electron chi connectivity index (χ1n) is 3.90. The molecule has 78 valence electrons. The topological polar surface area (TPSA) is 64.4 Å². The summed E-state index contributed by atoms with van der Waals surface area (Å²) in [5.41, 5.74) is 12.7. The summed E-state index contributed by atoms with van der Waals surface area (Å²) in [5.74, 6) is 0.126. The number of aryl methyl sites for hydroxylation is 1. The molecule has 14 heavy (non-hydrogen) atoms. The zero-order chi connectivity index (χ0) is 9.84. The Balaban J connectivity index is 0.00000169. The van der Waals surface area contributed by atoms with Gasteiger partial charge in [0.2, 0.25) is 0 Å². The molecule has 0 aliphatic rings. The highest BCUT2D eigenvalue weighted by Crippen LogP contribution is 2.17. The van der Waals surface area contributed by atoms with Crippen molar-refractivity contribution < 1.29 is 0 Å². The van der Waals surface area contributed by atoms with Gasteiger partial charge in [-0.05, 0) is 24.1 Å². The van der Waals surface area contributed by atoms with Gasteiger partial charge in [0.05, 0.1) is 6.54 Å². The quantitative estimate of drug-likeness (QED) is 0.641. The predicted octanol–water partition coefficient (Wildman–Crippen LogP) is 1.95. The maximum Gasteiger partial charge on any atom is 0.186 e. The monoisotopic (exact) mass is 277 g/mol. The number of rotatable bonds is 2. The SMILES string of the molecule is Cc1cc(CN=C(N)N)ccc1Br.Cl. The first-order chi connectivity index (χ1) is 6.09. The summed E-state index contributed by atoms with van der Waals surface area (Å²) in [6, 6.07) is 6.03. The summed E-state index contributed by atoms with van der Waals surface area (Å²) in [6.45, 7) is 2.57. The summed E-state index contributed by atoms with van der Waals surface area (Å²) in [4.78, 5) is 3.92. The van der Waals surface area contributed by atoms with Gasteiger partial charge in [0.15, 0.2) is 5.96 Å². The maximum atomic E-state index is 5.23. The lowest BCUT2D eigenvalue weighted by atomic mass is 10.1. The largest absolute Gasteiger partial charge is 0.370 e. The van der Waals surface area contributed by atoms with E-state index >= 15 is 0 Å². The summed E-state index contributed by atoms with van der Waals surface area (Å²) in [7, 11) is 0. The van der Waals surface area contributed by atoms with E-state index in [0.29, 0.717) is 6.54 Å². The molecule has 0 aliphatic carbocycles. The molecule has 0 bridgehead atoms. The van der Waals surface area contributed by atoms with Crippen LogP contribution >= 0.6 is 28.3 Å². The number of aliphatic imine (C=N–C) groups is 1. The minimum atomic E-state index is 0. The normalized spacial score (nSPS) is 9.00. The molecule has 1 aromatic carbocycles. The van der Waals surface area contributed by atoms with Crippen molar-refractivity contribution in [1.29, 1.82) is 0 Å². The van der Waals surface area contributed by atoms with Gasteiger partial charge in [0.25, 0.3) is 0 Å². The number of nitrogens with two attached hydrogens (primary N) is 2. The number of hydrogen-bond acceptors (Lipinski definition) is 1. The Labute approximate surface area is 98.1 Å². The van der Waals surface area contributed by atoms with Gasteiger partial charge in [0, 0.05) is 4.47 Å². The molecule has 0 aromatic heterocycles. The van der Waals surface area contributed by atoms with Crippen molar-refractivity contribution in [2.24, 2.45) is 16.5 Å². The predicted molar refractivity (Wildman–Crippen MR) is 65.6 cm³/mol. The van der Waals surface area contributed by atoms with Crippen molar-refractivity contribution in [3.63, 3.8) is 0 Å². The Bertz CT molecular complexity index is 335. The minimum absolute atomic E-state index is 0. The van der Waals surface area contributed by atoms with Gasteiger partial charge >= 0.3 is 0 Å². The van der Waals surface area contributed by atoms with E-state index < -0.39 is 0 Å². The van der Waals surface area contributed by atoms with Crippen LogP contribution < -0.4 is 11.5 Å². The summed E-state index contributed by atoms with van der Waals surface area (Å²) < 4.78 is 1.10. The highest BCUT2D eigenvalue weighted by atomic mass is 79.9. The third-order valence-electron chi connectivity index (χ3n) is 1.67. The van der Waals surface area contributed by atoms with Gasteiger partial charge < -0.3 is 11.5 Å². The lowest BCUT2D eigenvalue weighted by Gasteiger charge is -2.01. The summed E-state index contributed by atoms with van der Waals surface area (Å²) in [6.07, 6.45) is 0. The van der Waals surface area contributed by atoms with Crippen LogP contribution in [0.25, 0.3) is 0 Å². The van der Waals surface area contributed by atoms with Crippen LogP contribution in [0.2, 0.25) is 0 Å². The van der Waals surface area contributed by atoms with Crippen LogP contribution in [-0.4, -0.2) is 5.96 Å². The van der Waals surface area contributed by atoms with Crippen molar-refractivity contribution in [1.82, 2.24) is 0 Å². The fourth-order valence-electron chi connectivity index (χ4n) is 0.988. The van der Waals surface area contributed by atoms with E-state index in [1.807, 2.05) is 19.1 Å². The van der Waals surface area contributed by atoms with Crippen molar-refractivity contribution in [2.45, 2.75) is 13.5 Å². The number of nitrogens with zero attached hydrogens (tertiary/aromatic N) is 1. The summed E-state index contributed by atoms with van der Waals surface area (Å²) >= 11 is 3.42. The number of halogens is 2. The highest BCUT2D eigenvalue weighted by Gasteiger charge is 1.96. The van der Waals surface area contributed by atoms with E-state index in [2.05, 4.69) is 27.0 Å². The standard InChI is InChI=1S/C9H12BrN3.ClH/c1-6-4-7(2-3-8(6)10)5-13-9(11)12;/h2-4H,5H2,1H3,(H4,11,12,13);1H. The first kappa shape index (κ1) is 13.3. The molecule has 0 saturated heterocycles. The third kappa shape index (κ3) is 3.98. The zero-order valence-corrected chi connectivity index (χ0v) is 10.2. The second-order valence-corrected chi connectivity index (χ2v) is 3.68. The van der Waals surface area contributed by atoms with Gasteiger partial charge in [-0.3, -0.25) is 0 Å². The molecular weight excluding hydrogens is 265 g/mol. The lowest BCUT2D eigenvalue weighted by molar-refractivity contribution is 1.05. The van der Waals surface area contributed by atoms with Crippen LogP contribution in [0.3, 0.4) is 0 Å². The van der Waals surface area contributed by atoms with Crippen molar-refractivity contribution >= 4 is 34.3 Å². The van der Waals surface area contributed by atoms with Gasteiger partial charge in [-0.15, -0.1) is 12.4 Å². The van der Waals surface area contributed by atoms with Crippen molar-refractivity contribution in [3.05, 3.63) is 33.8 Å². The molecule has 5 heteroatoms. The molecule has 3 nitrogen and oxygen atoms in total. The number of benzene rings is 1. The molecule has 0 aliphatic heterocycles. The fraction of sp³-hybridized carbons (Fsp3) is 0.222. The van der Waals surface area contributed by atoms with E-state index in [9.17, 15) is 0 Å².